The second-order valence-electron chi connectivity index (χ2n) is 12.2. The molecule has 0 aromatic rings. The molecule has 5 saturated carbocycles. The number of methoxy groups -OCH3 is 3. The fourth-order valence-corrected chi connectivity index (χ4v) is 11.1. The van der Waals surface area contributed by atoms with Gasteiger partial charge >= 0.3 is 5.97 Å². The Bertz CT molecular complexity index is 903. The van der Waals surface area contributed by atoms with Crippen molar-refractivity contribution < 1.29 is 39.1 Å². The normalized spacial score (nSPS) is 57.9. The largest absolute Gasteiger partial charge is 0.462 e. The van der Waals surface area contributed by atoms with Gasteiger partial charge in [-0.1, -0.05) is 6.92 Å². The quantitative estimate of drug-likeness (QED) is 0.444. The number of nitrogens with zero attached hydrogens (tertiary/aromatic N) is 1. The highest BCUT2D eigenvalue weighted by Gasteiger charge is 2.91. The van der Waals surface area contributed by atoms with Crippen molar-refractivity contribution in [3.63, 3.8) is 0 Å². The van der Waals surface area contributed by atoms with Gasteiger partial charge in [-0.25, -0.2) is 0 Å². The maximum absolute atomic E-state index is 13.0. The van der Waals surface area contributed by atoms with E-state index in [0.29, 0.717) is 39.0 Å². The SMILES string of the molecule is CCN1C[C@@]2(COC)CC[C@H](O)[C@@]34[C@@H]5C[C@H]6[C@@H](OC(C)=O)[C@@H]5[C@](OC)(C[C@H]6OC)[C@@](O)([C@H]13)[C@@H](O)[C@@H]24. The molecular weight excluding hydrogens is 454 g/mol. The van der Waals surface area contributed by atoms with Crippen LogP contribution in [0.1, 0.15) is 39.5 Å². The third kappa shape index (κ3) is 2.43. The lowest BCUT2D eigenvalue weighted by Crippen LogP contribution is -2.82. The fourth-order valence-electron chi connectivity index (χ4n) is 11.1. The first-order chi connectivity index (χ1) is 16.6. The molecule has 9 nitrogen and oxygen atoms in total. The maximum atomic E-state index is 13.0. The Morgan fingerprint density at radius 3 is 2.54 bits per heavy atom. The van der Waals surface area contributed by atoms with Crippen LogP contribution in [0.4, 0.5) is 0 Å². The molecule has 35 heavy (non-hydrogen) atoms. The predicted molar refractivity (Wildman–Crippen MR) is 123 cm³/mol. The highest BCUT2D eigenvalue weighted by Crippen LogP contribution is 2.80. The Balaban J connectivity index is 1.65. The zero-order chi connectivity index (χ0) is 25.1. The topological polar surface area (TPSA) is 118 Å². The number of rotatable bonds is 6. The molecule has 9 heteroatoms. The lowest BCUT2D eigenvalue weighted by molar-refractivity contribution is -0.324. The Kier molecular flexibility index (Phi) is 5.34. The molecule has 6 aliphatic rings. The predicted octanol–water partition coefficient (Wildman–Crippen LogP) is 0.188. The second kappa shape index (κ2) is 7.62. The number of likely N-dealkylation sites (tertiary alicyclic amines) is 1. The minimum absolute atomic E-state index is 0.0570. The molecule has 198 valence electrons. The fraction of sp³-hybridized carbons (Fsp3) is 0.962. The molecule has 3 N–H and O–H groups in total. The minimum Gasteiger partial charge on any atom is -0.462 e. The van der Waals surface area contributed by atoms with E-state index in [1.54, 1.807) is 21.3 Å². The van der Waals surface area contributed by atoms with Gasteiger partial charge in [-0.2, -0.15) is 0 Å². The molecule has 1 spiro atoms. The number of carbonyl (C=O) groups is 1. The van der Waals surface area contributed by atoms with E-state index in [-0.39, 0.29) is 35.7 Å². The van der Waals surface area contributed by atoms with Crippen LogP contribution in [0, 0.1) is 34.5 Å². The van der Waals surface area contributed by atoms with E-state index in [4.69, 9.17) is 18.9 Å². The number of piperidine rings is 1. The molecule has 0 aromatic carbocycles. The number of likely N-dealkylation sites (N-methyl/N-ethyl adjacent to an activating group) is 1. The molecule has 1 saturated heterocycles. The first-order valence-electron chi connectivity index (χ1n) is 13.2. The summed E-state index contributed by atoms with van der Waals surface area (Å²) < 4.78 is 24.1. The molecular formula is C26H41NO8. The number of aliphatic hydroxyl groups is 3. The van der Waals surface area contributed by atoms with Gasteiger partial charge in [0, 0.05) is 69.8 Å². The molecule has 0 aromatic heterocycles. The average Bonchev–Trinajstić information content (AvgIpc) is 3.19. The molecule has 6 fully saturated rings. The van der Waals surface area contributed by atoms with Crippen LogP contribution in [0.5, 0.6) is 0 Å². The molecule has 1 aliphatic heterocycles. The van der Waals surface area contributed by atoms with E-state index in [2.05, 4.69) is 11.8 Å². The van der Waals surface area contributed by atoms with Crippen molar-refractivity contribution in [2.75, 3.05) is 41.0 Å². The lowest BCUT2D eigenvalue weighted by atomic mass is 9.42. The third-order valence-corrected chi connectivity index (χ3v) is 11.6. The Labute approximate surface area is 207 Å². The first-order valence-corrected chi connectivity index (χ1v) is 13.2. The molecule has 6 rings (SSSR count). The standard InChI is InChI=1S/C26H41NO8/c1-6-27-11-23(12-32-3)8-7-17(29)25-15-9-14-16(33-4)10-24(34-5,18(15)19(14)35-13(2)28)26(31,22(25)27)21(30)20(23)25/h14-22,29-31H,6-12H2,1-5H3/t14-,15-,16-,17+,18-,19-,20+,21+,22-,23-,24-,25-,26+/m1/s1. The molecule has 0 unspecified atom stereocenters. The van der Waals surface area contributed by atoms with Gasteiger partial charge in [0.05, 0.1) is 31.0 Å². The monoisotopic (exact) mass is 495 g/mol. The number of ether oxygens (including phenoxy) is 4. The number of aliphatic hydroxyl groups excluding tert-OH is 2. The molecule has 13 atom stereocenters. The Hall–Kier alpha value is -0.810. The molecule has 5 aliphatic carbocycles. The summed E-state index contributed by atoms with van der Waals surface area (Å²) in [6, 6.07) is -0.478. The van der Waals surface area contributed by atoms with Gasteiger partial charge in [0.15, 0.2) is 0 Å². The van der Waals surface area contributed by atoms with Crippen LogP contribution in [-0.2, 0) is 23.7 Å². The molecule has 0 radical (unpaired) electrons. The molecule has 1 heterocycles. The Morgan fingerprint density at radius 1 is 1.20 bits per heavy atom. The van der Waals surface area contributed by atoms with Crippen LogP contribution in [0.25, 0.3) is 0 Å². The number of hydrogen-bond donors (Lipinski definition) is 3. The summed E-state index contributed by atoms with van der Waals surface area (Å²) in [4.78, 5) is 14.6. The first kappa shape index (κ1) is 24.5. The number of fused-ring (bicyclic) bond motifs is 2. The van der Waals surface area contributed by atoms with Gasteiger partial charge in [0.2, 0.25) is 0 Å². The Morgan fingerprint density at radius 2 is 1.94 bits per heavy atom. The average molecular weight is 496 g/mol. The van der Waals surface area contributed by atoms with Gasteiger partial charge < -0.3 is 34.3 Å². The van der Waals surface area contributed by atoms with Crippen LogP contribution in [0.2, 0.25) is 0 Å². The van der Waals surface area contributed by atoms with Crippen molar-refractivity contribution in [2.45, 2.75) is 81.2 Å². The van der Waals surface area contributed by atoms with Gasteiger partial charge in [0.25, 0.3) is 0 Å². The smallest absolute Gasteiger partial charge is 0.302 e. The van der Waals surface area contributed by atoms with Gasteiger partial charge in [-0.15, -0.1) is 0 Å². The van der Waals surface area contributed by atoms with Crippen LogP contribution in [0.15, 0.2) is 0 Å². The zero-order valence-corrected chi connectivity index (χ0v) is 21.5. The van der Waals surface area contributed by atoms with Crippen molar-refractivity contribution in [1.82, 2.24) is 4.90 Å². The van der Waals surface area contributed by atoms with Gasteiger partial charge in [0.1, 0.15) is 17.3 Å². The summed E-state index contributed by atoms with van der Waals surface area (Å²) in [5.41, 5.74) is -4.02. The number of hydrogen-bond acceptors (Lipinski definition) is 9. The molecule has 7 bridgehead atoms. The van der Waals surface area contributed by atoms with Crippen LogP contribution in [-0.4, -0.2) is 109 Å². The van der Waals surface area contributed by atoms with Crippen LogP contribution < -0.4 is 0 Å². The van der Waals surface area contributed by atoms with Crippen molar-refractivity contribution in [2.24, 2.45) is 34.5 Å². The summed E-state index contributed by atoms with van der Waals surface area (Å²) in [6.07, 6.45) is -0.207. The van der Waals surface area contributed by atoms with Crippen molar-refractivity contribution >= 4 is 5.97 Å². The highest BCUT2D eigenvalue weighted by atomic mass is 16.6. The van der Waals surface area contributed by atoms with E-state index in [9.17, 15) is 20.1 Å². The summed E-state index contributed by atoms with van der Waals surface area (Å²) in [7, 11) is 4.93. The van der Waals surface area contributed by atoms with E-state index in [0.717, 1.165) is 6.42 Å². The number of carbonyl (C=O) groups excluding carboxylic acids is 1. The summed E-state index contributed by atoms with van der Waals surface area (Å²) in [5, 5.41) is 37.2. The summed E-state index contributed by atoms with van der Waals surface area (Å²) >= 11 is 0. The minimum atomic E-state index is -1.67. The number of esters is 1. The highest BCUT2D eigenvalue weighted by molar-refractivity contribution is 5.66. The zero-order valence-electron chi connectivity index (χ0n) is 21.5. The van der Waals surface area contributed by atoms with Crippen LogP contribution in [0.3, 0.4) is 0 Å². The summed E-state index contributed by atoms with van der Waals surface area (Å²) in [5.74, 6) is -1.24. The van der Waals surface area contributed by atoms with E-state index < -0.39 is 46.4 Å². The van der Waals surface area contributed by atoms with Gasteiger partial charge in [-0.3, -0.25) is 9.69 Å². The maximum Gasteiger partial charge on any atom is 0.302 e. The van der Waals surface area contributed by atoms with Crippen molar-refractivity contribution in [3.8, 4) is 0 Å². The second-order valence-corrected chi connectivity index (χ2v) is 12.2. The van der Waals surface area contributed by atoms with Gasteiger partial charge in [-0.05, 0) is 31.7 Å². The summed E-state index contributed by atoms with van der Waals surface area (Å²) in [6.45, 7) is 5.31. The van der Waals surface area contributed by atoms with E-state index in [1.807, 2.05) is 0 Å². The van der Waals surface area contributed by atoms with E-state index >= 15 is 0 Å². The van der Waals surface area contributed by atoms with Crippen molar-refractivity contribution in [3.05, 3.63) is 0 Å². The van der Waals surface area contributed by atoms with Crippen LogP contribution >= 0.6 is 0 Å². The third-order valence-electron chi connectivity index (χ3n) is 11.6. The van der Waals surface area contributed by atoms with E-state index in [1.165, 1.54) is 6.92 Å². The molecule has 0 amide bonds. The lowest BCUT2D eigenvalue weighted by Gasteiger charge is -2.70. The van der Waals surface area contributed by atoms with Crippen molar-refractivity contribution in [1.29, 1.82) is 0 Å².